The van der Waals surface area contributed by atoms with E-state index in [2.05, 4.69) is 12.2 Å². The molecule has 0 fully saturated rings. The van der Waals surface area contributed by atoms with E-state index in [1.807, 2.05) is 16.7 Å². The fourth-order valence-electron chi connectivity index (χ4n) is 3.55. The molecule has 0 saturated carbocycles. The number of ether oxygens (including phenoxy) is 1. The van der Waals surface area contributed by atoms with Crippen LogP contribution in [0, 0.1) is 0 Å². The number of nitrogens with zero attached hydrogens (tertiary/aromatic N) is 1. The number of rotatable bonds is 3. The van der Waals surface area contributed by atoms with Crippen LogP contribution < -0.4 is 15.5 Å². The van der Waals surface area contributed by atoms with E-state index in [1.54, 1.807) is 30.5 Å². The molecule has 4 rings (SSSR count). The van der Waals surface area contributed by atoms with Crippen molar-refractivity contribution >= 4 is 34.1 Å². The Balaban J connectivity index is 1.81. The summed E-state index contributed by atoms with van der Waals surface area (Å²) in [5, 5.41) is 3.78. The minimum Gasteiger partial charge on any atom is -0.495 e. The minimum absolute atomic E-state index is 0.102. The Labute approximate surface area is 155 Å². The molecule has 0 radical (unpaired) electrons. The summed E-state index contributed by atoms with van der Waals surface area (Å²) in [5.41, 5.74) is 2.31. The molecule has 5 nitrogen and oxygen atoms in total. The minimum atomic E-state index is -0.481. The third-order valence-electron chi connectivity index (χ3n) is 4.78. The molecule has 132 valence electrons. The molecule has 0 spiro atoms. The van der Waals surface area contributed by atoms with E-state index < -0.39 is 5.91 Å². The molecule has 3 aromatic rings. The Morgan fingerprint density at radius 3 is 2.88 bits per heavy atom. The van der Waals surface area contributed by atoms with Crippen LogP contribution in [0.25, 0.3) is 10.9 Å². The molecule has 6 heteroatoms. The fraction of sp³-hybridized carbons (Fsp3) is 0.200. The highest BCUT2D eigenvalue weighted by Crippen LogP contribution is 2.32. The number of para-hydroxylation sites is 1. The molecular weight excluding hydrogens is 352 g/mol. The standard InChI is InChI=1S/C20H17ClN2O3/c1-11-8-12-4-3-5-14-18(12)23(11)10-15(19(14)24)20(25)22-16-9-13(21)6-7-17(16)26-2/h3-7,9-11H,8H2,1-2H3,(H,22,25)/t11-/m0/s1. The number of amides is 1. The third-order valence-corrected chi connectivity index (χ3v) is 5.01. The number of aromatic nitrogens is 1. The van der Waals surface area contributed by atoms with Gasteiger partial charge in [0.1, 0.15) is 11.3 Å². The second-order valence-corrected chi connectivity index (χ2v) is 6.88. The molecule has 1 aromatic heterocycles. The molecule has 0 bridgehead atoms. The van der Waals surface area contributed by atoms with Crippen LogP contribution in [0.5, 0.6) is 5.75 Å². The van der Waals surface area contributed by atoms with Crippen LogP contribution in [-0.4, -0.2) is 17.6 Å². The van der Waals surface area contributed by atoms with Gasteiger partial charge in [-0.2, -0.15) is 0 Å². The van der Waals surface area contributed by atoms with Gasteiger partial charge >= 0.3 is 0 Å². The topological polar surface area (TPSA) is 60.3 Å². The molecule has 0 unspecified atom stereocenters. The average molecular weight is 369 g/mol. The molecule has 2 heterocycles. The molecule has 1 aliphatic heterocycles. The lowest BCUT2D eigenvalue weighted by atomic mass is 10.1. The second-order valence-electron chi connectivity index (χ2n) is 6.44. The van der Waals surface area contributed by atoms with Gasteiger partial charge in [0.15, 0.2) is 0 Å². The van der Waals surface area contributed by atoms with Crippen molar-refractivity contribution in [2.45, 2.75) is 19.4 Å². The Morgan fingerprint density at radius 2 is 2.12 bits per heavy atom. The zero-order valence-corrected chi connectivity index (χ0v) is 15.1. The molecular formula is C20H17ClN2O3. The number of hydrogen-bond acceptors (Lipinski definition) is 3. The number of hydrogen-bond donors (Lipinski definition) is 1. The second kappa shape index (κ2) is 6.18. The van der Waals surface area contributed by atoms with E-state index in [-0.39, 0.29) is 17.0 Å². The summed E-state index contributed by atoms with van der Waals surface area (Å²) in [5.74, 6) is -0.00504. The van der Waals surface area contributed by atoms with Crippen molar-refractivity contribution in [3.8, 4) is 5.75 Å². The SMILES string of the molecule is COc1ccc(Cl)cc1NC(=O)c1cn2c3c(cccc3c1=O)C[C@@H]2C. The van der Waals surface area contributed by atoms with Crippen molar-refractivity contribution in [1.82, 2.24) is 4.57 Å². The number of pyridine rings is 1. The first-order chi connectivity index (χ1) is 12.5. The maximum atomic E-state index is 12.9. The predicted octanol–water partition coefficient (Wildman–Crippen LogP) is 4.03. The van der Waals surface area contributed by atoms with Crippen LogP contribution in [0.4, 0.5) is 5.69 Å². The lowest BCUT2D eigenvalue weighted by molar-refractivity contribution is 0.102. The molecule has 2 aromatic carbocycles. The summed E-state index contributed by atoms with van der Waals surface area (Å²) in [6.07, 6.45) is 2.50. The summed E-state index contributed by atoms with van der Waals surface area (Å²) in [6, 6.07) is 10.8. The van der Waals surface area contributed by atoms with Gasteiger partial charge in [-0.1, -0.05) is 23.7 Å². The van der Waals surface area contributed by atoms with E-state index in [4.69, 9.17) is 16.3 Å². The number of methoxy groups -OCH3 is 1. The highest BCUT2D eigenvalue weighted by molar-refractivity contribution is 6.31. The van der Waals surface area contributed by atoms with Gasteiger partial charge in [-0.15, -0.1) is 0 Å². The number of benzene rings is 2. The monoisotopic (exact) mass is 368 g/mol. The largest absolute Gasteiger partial charge is 0.495 e. The predicted molar refractivity (Wildman–Crippen MR) is 103 cm³/mol. The van der Waals surface area contributed by atoms with Gasteiger partial charge in [-0.25, -0.2) is 0 Å². The lowest BCUT2D eigenvalue weighted by Gasteiger charge is -2.14. The van der Waals surface area contributed by atoms with Gasteiger partial charge in [0.2, 0.25) is 5.43 Å². The normalized spacial score (nSPS) is 15.3. The average Bonchev–Trinajstić information content (AvgIpc) is 2.94. The zero-order valence-electron chi connectivity index (χ0n) is 14.4. The summed E-state index contributed by atoms with van der Waals surface area (Å²) in [7, 11) is 1.51. The van der Waals surface area contributed by atoms with Gasteiger partial charge in [0, 0.05) is 22.6 Å². The van der Waals surface area contributed by atoms with E-state index in [0.717, 1.165) is 17.5 Å². The first-order valence-corrected chi connectivity index (χ1v) is 8.69. The third kappa shape index (κ3) is 2.56. The van der Waals surface area contributed by atoms with Crippen LogP contribution in [0.15, 0.2) is 47.4 Å². The number of carbonyl (C=O) groups excluding carboxylic acids is 1. The zero-order chi connectivity index (χ0) is 18.4. The first kappa shape index (κ1) is 16.7. The van der Waals surface area contributed by atoms with Crippen LogP contribution in [0.2, 0.25) is 5.02 Å². The van der Waals surface area contributed by atoms with Gasteiger partial charge in [0.25, 0.3) is 5.91 Å². The van der Waals surface area contributed by atoms with Crippen LogP contribution in [-0.2, 0) is 6.42 Å². The van der Waals surface area contributed by atoms with Crippen molar-refractivity contribution in [1.29, 1.82) is 0 Å². The molecule has 1 N–H and O–H groups in total. The van der Waals surface area contributed by atoms with Crippen molar-refractivity contribution in [3.63, 3.8) is 0 Å². The van der Waals surface area contributed by atoms with Gasteiger partial charge in [-0.05, 0) is 43.2 Å². The van der Waals surface area contributed by atoms with Crippen molar-refractivity contribution in [3.05, 3.63) is 69.0 Å². The number of carbonyl (C=O) groups is 1. The number of anilines is 1. The van der Waals surface area contributed by atoms with Gasteiger partial charge in [-0.3, -0.25) is 9.59 Å². The molecule has 0 saturated heterocycles. The van der Waals surface area contributed by atoms with Crippen molar-refractivity contribution < 1.29 is 9.53 Å². The molecule has 1 amide bonds. The van der Waals surface area contributed by atoms with E-state index >= 15 is 0 Å². The van der Waals surface area contributed by atoms with Gasteiger partial charge < -0.3 is 14.6 Å². The molecule has 26 heavy (non-hydrogen) atoms. The maximum absolute atomic E-state index is 12.9. The molecule has 0 aliphatic carbocycles. The highest BCUT2D eigenvalue weighted by atomic mass is 35.5. The van der Waals surface area contributed by atoms with Crippen LogP contribution in [0.3, 0.4) is 0 Å². The van der Waals surface area contributed by atoms with Crippen molar-refractivity contribution in [2.24, 2.45) is 0 Å². The van der Waals surface area contributed by atoms with Crippen LogP contribution in [0.1, 0.15) is 28.9 Å². The van der Waals surface area contributed by atoms with Crippen molar-refractivity contribution in [2.75, 3.05) is 12.4 Å². The van der Waals surface area contributed by atoms with Gasteiger partial charge in [0.05, 0.1) is 18.3 Å². The molecule has 1 atom stereocenters. The summed E-state index contributed by atoms with van der Waals surface area (Å²) in [6.45, 7) is 2.07. The maximum Gasteiger partial charge on any atom is 0.261 e. The Kier molecular flexibility index (Phi) is 3.96. The smallest absolute Gasteiger partial charge is 0.261 e. The number of nitrogens with one attached hydrogen (secondary N) is 1. The summed E-state index contributed by atoms with van der Waals surface area (Å²) < 4.78 is 7.26. The number of halogens is 1. The first-order valence-electron chi connectivity index (χ1n) is 8.31. The quantitative estimate of drug-likeness (QED) is 0.759. The van der Waals surface area contributed by atoms with E-state index in [1.165, 1.54) is 7.11 Å². The molecule has 1 aliphatic rings. The highest BCUT2D eigenvalue weighted by Gasteiger charge is 2.24. The summed E-state index contributed by atoms with van der Waals surface area (Å²) >= 11 is 6.01. The Morgan fingerprint density at radius 1 is 1.31 bits per heavy atom. The Bertz CT molecular complexity index is 1100. The lowest BCUT2D eigenvalue weighted by Crippen LogP contribution is -2.24. The fourth-order valence-corrected chi connectivity index (χ4v) is 3.72. The summed E-state index contributed by atoms with van der Waals surface area (Å²) in [4.78, 5) is 25.7. The van der Waals surface area contributed by atoms with E-state index in [9.17, 15) is 9.59 Å². The Hall–Kier alpha value is -2.79. The van der Waals surface area contributed by atoms with E-state index in [0.29, 0.717) is 21.8 Å². The van der Waals surface area contributed by atoms with Crippen LogP contribution >= 0.6 is 11.6 Å².